The van der Waals surface area contributed by atoms with Gasteiger partial charge >= 0.3 is 12.1 Å². The number of benzene rings is 1. The van der Waals surface area contributed by atoms with Crippen LogP contribution in [0.15, 0.2) is 18.2 Å². The summed E-state index contributed by atoms with van der Waals surface area (Å²) in [6, 6.07) is 3.84. The van der Waals surface area contributed by atoms with Crippen molar-refractivity contribution in [2.24, 2.45) is 0 Å². The predicted molar refractivity (Wildman–Crippen MR) is 75.5 cm³/mol. The Bertz CT molecular complexity index is 537. The van der Waals surface area contributed by atoms with E-state index < -0.39 is 35.9 Å². The van der Waals surface area contributed by atoms with Crippen LogP contribution >= 0.6 is 0 Å². The second-order valence-corrected chi connectivity index (χ2v) is 5.76. The Morgan fingerprint density at radius 1 is 1.38 bits per heavy atom. The van der Waals surface area contributed by atoms with Crippen molar-refractivity contribution >= 4 is 12.1 Å². The van der Waals surface area contributed by atoms with Crippen LogP contribution < -0.4 is 5.32 Å². The van der Waals surface area contributed by atoms with Crippen LogP contribution in [0, 0.1) is 5.82 Å². The SMILES string of the molecule is C[C@H](NC(=O)OC(C)(C)C)c1cccc(CC(=O)O)c1F. The molecule has 0 aliphatic carbocycles. The average Bonchev–Trinajstić information content (AvgIpc) is 2.28. The van der Waals surface area contributed by atoms with E-state index in [1.807, 2.05) is 0 Å². The molecule has 116 valence electrons. The number of alkyl carbamates (subject to hydrolysis) is 1. The first-order valence-corrected chi connectivity index (χ1v) is 6.58. The summed E-state index contributed by atoms with van der Waals surface area (Å²) in [5, 5.41) is 11.3. The molecule has 1 aromatic rings. The molecule has 0 heterocycles. The molecule has 5 nitrogen and oxygen atoms in total. The summed E-state index contributed by atoms with van der Waals surface area (Å²) in [5.41, 5.74) is -0.342. The van der Waals surface area contributed by atoms with Gasteiger partial charge in [-0.2, -0.15) is 0 Å². The Morgan fingerprint density at radius 3 is 2.52 bits per heavy atom. The number of carboxylic acids is 1. The maximum atomic E-state index is 14.2. The number of halogens is 1. The topological polar surface area (TPSA) is 75.6 Å². The third-order valence-corrected chi connectivity index (χ3v) is 2.65. The van der Waals surface area contributed by atoms with Gasteiger partial charge in [-0.05, 0) is 33.3 Å². The fourth-order valence-electron chi connectivity index (χ4n) is 1.80. The second-order valence-electron chi connectivity index (χ2n) is 5.76. The fraction of sp³-hybridized carbons (Fsp3) is 0.467. The Kier molecular flexibility index (Phi) is 5.29. The number of nitrogens with one attached hydrogen (secondary N) is 1. The molecule has 21 heavy (non-hydrogen) atoms. The molecule has 0 saturated carbocycles. The first-order chi connectivity index (χ1) is 9.60. The van der Waals surface area contributed by atoms with E-state index in [0.29, 0.717) is 0 Å². The summed E-state index contributed by atoms with van der Waals surface area (Å²) >= 11 is 0. The summed E-state index contributed by atoms with van der Waals surface area (Å²) in [6.45, 7) is 6.79. The Morgan fingerprint density at radius 2 is 2.00 bits per heavy atom. The quantitative estimate of drug-likeness (QED) is 0.895. The number of amides is 1. The van der Waals surface area contributed by atoms with Crippen molar-refractivity contribution in [3.05, 3.63) is 35.1 Å². The number of hydrogen-bond donors (Lipinski definition) is 2. The summed E-state index contributed by atoms with van der Waals surface area (Å²) in [4.78, 5) is 22.3. The highest BCUT2D eigenvalue weighted by Crippen LogP contribution is 2.21. The van der Waals surface area contributed by atoms with Gasteiger partial charge in [0.05, 0.1) is 12.5 Å². The lowest BCUT2D eigenvalue weighted by Gasteiger charge is -2.22. The van der Waals surface area contributed by atoms with E-state index in [0.717, 1.165) is 0 Å². The molecular weight excluding hydrogens is 277 g/mol. The van der Waals surface area contributed by atoms with Gasteiger partial charge in [0.25, 0.3) is 0 Å². The predicted octanol–water partition coefficient (Wildman–Crippen LogP) is 3.04. The smallest absolute Gasteiger partial charge is 0.408 e. The van der Waals surface area contributed by atoms with Crippen LogP contribution in [0.4, 0.5) is 9.18 Å². The average molecular weight is 297 g/mol. The third kappa shape index (κ3) is 5.41. The molecule has 2 N–H and O–H groups in total. The van der Waals surface area contributed by atoms with Gasteiger partial charge in [0.1, 0.15) is 11.4 Å². The van der Waals surface area contributed by atoms with Crippen LogP contribution in [0.25, 0.3) is 0 Å². The standard InChI is InChI=1S/C15H20FNO4/c1-9(17-14(20)21-15(2,3)4)11-7-5-6-10(13(11)16)8-12(18)19/h5-7,9H,8H2,1-4H3,(H,17,20)(H,18,19)/t9-/m0/s1. The molecule has 6 heteroatoms. The van der Waals surface area contributed by atoms with E-state index >= 15 is 0 Å². The molecule has 1 aromatic carbocycles. The van der Waals surface area contributed by atoms with E-state index in [1.165, 1.54) is 12.1 Å². The van der Waals surface area contributed by atoms with E-state index in [1.54, 1.807) is 33.8 Å². The van der Waals surface area contributed by atoms with Crippen LogP contribution in [-0.2, 0) is 16.0 Å². The molecule has 0 saturated heterocycles. The molecule has 0 aromatic heterocycles. The lowest BCUT2D eigenvalue weighted by Crippen LogP contribution is -2.34. The monoisotopic (exact) mass is 297 g/mol. The zero-order valence-corrected chi connectivity index (χ0v) is 12.6. The summed E-state index contributed by atoms with van der Waals surface area (Å²) < 4.78 is 19.3. The van der Waals surface area contributed by atoms with E-state index in [9.17, 15) is 14.0 Å². The first kappa shape index (κ1) is 16.9. The maximum Gasteiger partial charge on any atom is 0.408 e. The molecule has 1 amide bonds. The van der Waals surface area contributed by atoms with Crippen molar-refractivity contribution in [1.29, 1.82) is 0 Å². The molecular formula is C15H20FNO4. The molecule has 0 fully saturated rings. The molecule has 0 bridgehead atoms. The highest BCUT2D eigenvalue weighted by atomic mass is 19.1. The van der Waals surface area contributed by atoms with Crippen LogP contribution in [0.3, 0.4) is 0 Å². The molecule has 1 atom stereocenters. The van der Waals surface area contributed by atoms with Gasteiger partial charge in [0.15, 0.2) is 0 Å². The number of rotatable bonds is 4. The summed E-state index contributed by atoms with van der Waals surface area (Å²) in [5.74, 6) is -1.73. The second kappa shape index (κ2) is 6.56. The van der Waals surface area contributed by atoms with Crippen molar-refractivity contribution in [3.8, 4) is 0 Å². The molecule has 0 aliphatic heterocycles. The largest absolute Gasteiger partial charge is 0.481 e. The number of ether oxygens (including phenoxy) is 1. The lowest BCUT2D eigenvalue weighted by atomic mass is 10.0. The van der Waals surface area contributed by atoms with Crippen LogP contribution in [0.1, 0.15) is 44.9 Å². The molecule has 0 unspecified atom stereocenters. The number of aliphatic carboxylic acids is 1. The maximum absolute atomic E-state index is 14.2. The van der Waals surface area contributed by atoms with E-state index in [-0.39, 0.29) is 11.1 Å². The summed E-state index contributed by atoms with van der Waals surface area (Å²) in [6.07, 6.45) is -1.06. The Hall–Kier alpha value is -2.11. The van der Waals surface area contributed by atoms with Crippen LogP contribution in [-0.4, -0.2) is 22.8 Å². The minimum Gasteiger partial charge on any atom is -0.481 e. The Balaban J connectivity index is 2.85. The Labute approximate surface area is 123 Å². The van der Waals surface area contributed by atoms with Gasteiger partial charge in [0.2, 0.25) is 0 Å². The lowest BCUT2D eigenvalue weighted by molar-refractivity contribution is -0.136. The highest BCUT2D eigenvalue weighted by molar-refractivity contribution is 5.70. The van der Waals surface area contributed by atoms with Gasteiger partial charge < -0.3 is 15.2 Å². The van der Waals surface area contributed by atoms with Crippen molar-refractivity contribution in [1.82, 2.24) is 5.32 Å². The zero-order valence-electron chi connectivity index (χ0n) is 12.6. The van der Waals surface area contributed by atoms with Gasteiger partial charge in [-0.25, -0.2) is 9.18 Å². The van der Waals surface area contributed by atoms with Crippen LogP contribution in [0.5, 0.6) is 0 Å². The van der Waals surface area contributed by atoms with Gasteiger partial charge in [0, 0.05) is 5.56 Å². The van der Waals surface area contributed by atoms with Crippen molar-refractivity contribution < 1.29 is 23.8 Å². The minimum absolute atomic E-state index is 0.0813. The number of hydrogen-bond acceptors (Lipinski definition) is 3. The van der Waals surface area contributed by atoms with Gasteiger partial charge in [-0.1, -0.05) is 18.2 Å². The van der Waals surface area contributed by atoms with Gasteiger partial charge in [-0.3, -0.25) is 4.79 Å². The number of carbonyl (C=O) groups excluding carboxylic acids is 1. The molecule has 0 radical (unpaired) electrons. The third-order valence-electron chi connectivity index (χ3n) is 2.65. The highest BCUT2D eigenvalue weighted by Gasteiger charge is 2.21. The summed E-state index contributed by atoms with van der Waals surface area (Å²) in [7, 11) is 0. The van der Waals surface area contributed by atoms with Gasteiger partial charge in [-0.15, -0.1) is 0 Å². The first-order valence-electron chi connectivity index (χ1n) is 6.58. The number of carboxylic acid groups (broad SMARTS) is 1. The van der Waals surface area contributed by atoms with Crippen molar-refractivity contribution in [3.63, 3.8) is 0 Å². The van der Waals surface area contributed by atoms with Crippen LogP contribution in [0.2, 0.25) is 0 Å². The molecule has 1 rings (SSSR count). The fourth-order valence-corrected chi connectivity index (χ4v) is 1.80. The number of carbonyl (C=O) groups is 2. The molecule has 0 spiro atoms. The van der Waals surface area contributed by atoms with Crippen molar-refractivity contribution in [2.75, 3.05) is 0 Å². The van der Waals surface area contributed by atoms with Crippen molar-refractivity contribution in [2.45, 2.75) is 45.8 Å². The van der Waals surface area contributed by atoms with E-state index in [2.05, 4.69) is 5.32 Å². The van der Waals surface area contributed by atoms with E-state index in [4.69, 9.17) is 9.84 Å². The minimum atomic E-state index is -1.11. The normalized spacial score (nSPS) is 12.6. The zero-order chi connectivity index (χ0) is 16.2. The molecule has 0 aliphatic rings.